The predicted molar refractivity (Wildman–Crippen MR) is 67.9 cm³/mol. The van der Waals surface area contributed by atoms with Crippen molar-refractivity contribution in [3.8, 4) is 5.88 Å². The predicted octanol–water partition coefficient (Wildman–Crippen LogP) is 1.34. The Bertz CT molecular complexity index is 352. The summed E-state index contributed by atoms with van der Waals surface area (Å²) < 4.78 is 5.04. The van der Waals surface area contributed by atoms with Gasteiger partial charge in [-0.1, -0.05) is 13.0 Å². The SMILES string of the molecule is COc1ccc(C(CN)NCC2CC2C)cn1. The highest BCUT2D eigenvalue weighted by Gasteiger charge is 2.32. The zero-order chi connectivity index (χ0) is 12.3. The summed E-state index contributed by atoms with van der Waals surface area (Å²) in [6.45, 7) is 3.93. The molecule has 1 aliphatic carbocycles. The molecule has 0 aromatic carbocycles. The quantitative estimate of drug-likeness (QED) is 0.781. The number of nitrogens with one attached hydrogen (secondary N) is 1. The Morgan fingerprint density at radius 3 is 2.82 bits per heavy atom. The number of rotatable bonds is 6. The van der Waals surface area contributed by atoms with Crippen LogP contribution >= 0.6 is 0 Å². The van der Waals surface area contributed by atoms with Gasteiger partial charge in [0, 0.05) is 24.8 Å². The van der Waals surface area contributed by atoms with Crippen LogP contribution < -0.4 is 15.8 Å². The summed E-state index contributed by atoms with van der Waals surface area (Å²) in [5.41, 5.74) is 6.92. The van der Waals surface area contributed by atoms with Crippen LogP contribution in [0, 0.1) is 11.8 Å². The second kappa shape index (κ2) is 5.47. The van der Waals surface area contributed by atoms with Crippen LogP contribution in [-0.4, -0.2) is 25.2 Å². The number of aromatic nitrogens is 1. The number of methoxy groups -OCH3 is 1. The molecule has 1 aromatic rings. The Morgan fingerprint density at radius 1 is 1.59 bits per heavy atom. The van der Waals surface area contributed by atoms with E-state index < -0.39 is 0 Å². The highest BCUT2D eigenvalue weighted by atomic mass is 16.5. The van der Waals surface area contributed by atoms with Crippen LogP contribution in [0.4, 0.5) is 0 Å². The first-order valence-electron chi connectivity index (χ1n) is 6.18. The van der Waals surface area contributed by atoms with E-state index in [-0.39, 0.29) is 6.04 Å². The first kappa shape index (κ1) is 12.3. The summed E-state index contributed by atoms with van der Waals surface area (Å²) in [5.74, 6) is 2.34. The molecule has 3 unspecified atom stereocenters. The zero-order valence-corrected chi connectivity index (χ0v) is 10.5. The highest BCUT2D eigenvalue weighted by Crippen LogP contribution is 2.37. The van der Waals surface area contributed by atoms with E-state index in [1.807, 2.05) is 18.3 Å². The van der Waals surface area contributed by atoms with Crippen LogP contribution in [0.3, 0.4) is 0 Å². The lowest BCUT2D eigenvalue weighted by Gasteiger charge is -2.17. The molecular weight excluding hydrogens is 214 g/mol. The largest absolute Gasteiger partial charge is 0.481 e. The number of hydrogen-bond donors (Lipinski definition) is 2. The van der Waals surface area contributed by atoms with Crippen molar-refractivity contribution >= 4 is 0 Å². The van der Waals surface area contributed by atoms with Gasteiger partial charge in [0.15, 0.2) is 0 Å². The van der Waals surface area contributed by atoms with E-state index in [1.165, 1.54) is 6.42 Å². The van der Waals surface area contributed by atoms with Crippen molar-refractivity contribution in [1.82, 2.24) is 10.3 Å². The Morgan fingerprint density at radius 2 is 2.35 bits per heavy atom. The third-order valence-electron chi connectivity index (χ3n) is 3.51. The minimum atomic E-state index is 0.196. The topological polar surface area (TPSA) is 60.2 Å². The molecular formula is C13H21N3O. The van der Waals surface area contributed by atoms with Crippen molar-refractivity contribution in [3.63, 3.8) is 0 Å². The summed E-state index contributed by atoms with van der Waals surface area (Å²) in [7, 11) is 1.62. The first-order valence-corrected chi connectivity index (χ1v) is 6.18. The van der Waals surface area contributed by atoms with E-state index in [4.69, 9.17) is 10.5 Å². The molecule has 4 heteroatoms. The number of ether oxygens (including phenoxy) is 1. The fourth-order valence-electron chi connectivity index (χ4n) is 2.03. The van der Waals surface area contributed by atoms with Gasteiger partial charge in [0.05, 0.1) is 7.11 Å². The van der Waals surface area contributed by atoms with Crippen molar-refractivity contribution in [2.45, 2.75) is 19.4 Å². The number of nitrogens with zero attached hydrogens (tertiary/aromatic N) is 1. The van der Waals surface area contributed by atoms with E-state index in [0.29, 0.717) is 12.4 Å². The molecule has 17 heavy (non-hydrogen) atoms. The van der Waals surface area contributed by atoms with Crippen LogP contribution in [0.15, 0.2) is 18.3 Å². The van der Waals surface area contributed by atoms with Gasteiger partial charge in [-0.15, -0.1) is 0 Å². The molecule has 0 radical (unpaired) electrons. The molecule has 94 valence electrons. The lowest BCUT2D eigenvalue weighted by Crippen LogP contribution is -2.30. The van der Waals surface area contributed by atoms with E-state index in [2.05, 4.69) is 17.2 Å². The lowest BCUT2D eigenvalue weighted by atomic mass is 10.1. The van der Waals surface area contributed by atoms with Gasteiger partial charge in [-0.3, -0.25) is 0 Å². The van der Waals surface area contributed by atoms with Crippen molar-refractivity contribution in [3.05, 3.63) is 23.9 Å². The molecule has 1 fully saturated rings. The van der Waals surface area contributed by atoms with Gasteiger partial charge in [0.25, 0.3) is 0 Å². The first-order chi connectivity index (χ1) is 8.24. The van der Waals surface area contributed by atoms with E-state index in [9.17, 15) is 0 Å². The lowest BCUT2D eigenvalue weighted by molar-refractivity contribution is 0.397. The maximum Gasteiger partial charge on any atom is 0.212 e. The van der Waals surface area contributed by atoms with Crippen LogP contribution in [0.2, 0.25) is 0 Å². The van der Waals surface area contributed by atoms with Gasteiger partial charge in [-0.05, 0) is 30.4 Å². The highest BCUT2D eigenvalue weighted by molar-refractivity contribution is 5.21. The second-order valence-corrected chi connectivity index (χ2v) is 4.80. The maximum absolute atomic E-state index is 5.80. The normalized spacial score (nSPS) is 24.4. The molecule has 0 amide bonds. The molecule has 4 nitrogen and oxygen atoms in total. The molecule has 3 N–H and O–H groups in total. The molecule has 0 aliphatic heterocycles. The van der Waals surface area contributed by atoms with Crippen molar-refractivity contribution in [2.75, 3.05) is 20.2 Å². The number of hydrogen-bond acceptors (Lipinski definition) is 4. The van der Waals surface area contributed by atoms with Crippen molar-refractivity contribution in [2.24, 2.45) is 17.6 Å². The van der Waals surface area contributed by atoms with Crippen molar-refractivity contribution < 1.29 is 4.74 Å². The van der Waals surface area contributed by atoms with Gasteiger partial charge >= 0.3 is 0 Å². The van der Waals surface area contributed by atoms with Crippen LogP contribution in [0.25, 0.3) is 0 Å². The van der Waals surface area contributed by atoms with Gasteiger partial charge < -0.3 is 15.8 Å². The van der Waals surface area contributed by atoms with Crippen LogP contribution in [0.5, 0.6) is 5.88 Å². The van der Waals surface area contributed by atoms with E-state index in [0.717, 1.165) is 23.9 Å². The molecule has 1 aliphatic rings. The maximum atomic E-state index is 5.80. The summed E-state index contributed by atoms with van der Waals surface area (Å²) in [4.78, 5) is 4.21. The third kappa shape index (κ3) is 3.17. The average molecular weight is 235 g/mol. The fourth-order valence-corrected chi connectivity index (χ4v) is 2.03. The van der Waals surface area contributed by atoms with E-state index in [1.54, 1.807) is 7.11 Å². The average Bonchev–Trinajstić information content (AvgIpc) is 3.07. The number of pyridine rings is 1. The molecule has 0 spiro atoms. The van der Waals surface area contributed by atoms with Gasteiger partial charge in [0.1, 0.15) is 0 Å². The zero-order valence-electron chi connectivity index (χ0n) is 10.5. The fraction of sp³-hybridized carbons (Fsp3) is 0.615. The summed E-state index contributed by atoms with van der Waals surface area (Å²) in [6.07, 6.45) is 3.17. The third-order valence-corrected chi connectivity index (χ3v) is 3.51. The Balaban J connectivity index is 1.91. The van der Waals surface area contributed by atoms with Crippen molar-refractivity contribution in [1.29, 1.82) is 0 Å². The second-order valence-electron chi connectivity index (χ2n) is 4.80. The Labute approximate surface area is 103 Å². The molecule has 2 rings (SSSR count). The minimum Gasteiger partial charge on any atom is -0.481 e. The van der Waals surface area contributed by atoms with Gasteiger partial charge in [-0.2, -0.15) is 0 Å². The van der Waals surface area contributed by atoms with Gasteiger partial charge in [-0.25, -0.2) is 4.98 Å². The van der Waals surface area contributed by atoms with Crippen LogP contribution in [-0.2, 0) is 0 Å². The smallest absolute Gasteiger partial charge is 0.212 e. The molecule has 3 atom stereocenters. The van der Waals surface area contributed by atoms with Gasteiger partial charge in [0.2, 0.25) is 5.88 Å². The summed E-state index contributed by atoms with van der Waals surface area (Å²) in [6, 6.07) is 4.09. The Hall–Kier alpha value is -1.13. The van der Waals surface area contributed by atoms with Crippen LogP contribution in [0.1, 0.15) is 24.9 Å². The summed E-state index contributed by atoms with van der Waals surface area (Å²) in [5, 5.41) is 3.51. The molecule has 1 heterocycles. The van der Waals surface area contributed by atoms with E-state index >= 15 is 0 Å². The minimum absolute atomic E-state index is 0.196. The Kier molecular flexibility index (Phi) is 3.97. The number of nitrogens with two attached hydrogens (primary N) is 1. The molecule has 1 saturated carbocycles. The standard InChI is InChI=1S/C13H21N3O/c1-9-5-11(9)8-15-12(6-14)10-3-4-13(17-2)16-7-10/h3-4,7,9,11-12,15H,5-6,8,14H2,1-2H3. The monoisotopic (exact) mass is 235 g/mol. The molecule has 0 bridgehead atoms. The summed E-state index contributed by atoms with van der Waals surface area (Å²) >= 11 is 0. The molecule has 0 saturated heterocycles. The molecule has 1 aromatic heterocycles.